The van der Waals surface area contributed by atoms with Gasteiger partial charge in [0.25, 0.3) is 0 Å². The van der Waals surface area contributed by atoms with Gasteiger partial charge in [0, 0.05) is 22.3 Å². The van der Waals surface area contributed by atoms with E-state index in [1.165, 1.54) is 0 Å². The lowest BCUT2D eigenvalue weighted by atomic mass is 9.97. The predicted molar refractivity (Wildman–Crippen MR) is 60.9 cm³/mol. The lowest BCUT2D eigenvalue weighted by molar-refractivity contribution is 0.262. The summed E-state index contributed by atoms with van der Waals surface area (Å²) in [4.78, 5) is 0. The average Bonchev–Trinajstić information content (AvgIpc) is 2.30. The van der Waals surface area contributed by atoms with Gasteiger partial charge in [-0.05, 0) is 13.8 Å². The van der Waals surface area contributed by atoms with Crippen LogP contribution in [0.1, 0.15) is 22.3 Å². The van der Waals surface area contributed by atoms with Gasteiger partial charge < -0.3 is 19.7 Å². The van der Waals surface area contributed by atoms with Crippen LogP contribution in [0.4, 0.5) is 0 Å². The molecule has 90 valence electrons. The second-order valence-corrected chi connectivity index (χ2v) is 3.59. The molecule has 0 aliphatic carbocycles. The van der Waals surface area contributed by atoms with Gasteiger partial charge in [-0.15, -0.1) is 0 Å². The van der Waals surface area contributed by atoms with Crippen molar-refractivity contribution < 1.29 is 19.7 Å². The van der Waals surface area contributed by atoms with Gasteiger partial charge >= 0.3 is 0 Å². The molecule has 2 N–H and O–H groups in total. The molecule has 0 saturated carbocycles. The molecule has 0 fully saturated rings. The highest BCUT2D eigenvalue weighted by Crippen LogP contribution is 2.37. The molecule has 0 spiro atoms. The zero-order chi connectivity index (χ0) is 12.3. The van der Waals surface area contributed by atoms with Crippen LogP contribution < -0.4 is 9.47 Å². The van der Waals surface area contributed by atoms with Gasteiger partial charge in [0.15, 0.2) is 0 Å². The minimum absolute atomic E-state index is 0.113. The van der Waals surface area contributed by atoms with Crippen LogP contribution in [-0.2, 0) is 13.2 Å². The standard InChI is InChI=1S/C12H18O4/c1-7-9(5-13)12(16-4)8(2)10(6-14)11(7)15-3/h13-14H,5-6H2,1-4H3. The largest absolute Gasteiger partial charge is 0.496 e. The third kappa shape index (κ3) is 1.86. The summed E-state index contributed by atoms with van der Waals surface area (Å²) < 4.78 is 10.5. The third-order valence-electron chi connectivity index (χ3n) is 2.86. The maximum absolute atomic E-state index is 9.34. The first-order valence-corrected chi connectivity index (χ1v) is 5.06. The molecule has 0 aliphatic rings. The van der Waals surface area contributed by atoms with Crippen LogP contribution in [0.2, 0.25) is 0 Å². The normalized spacial score (nSPS) is 10.4. The molecule has 0 aliphatic heterocycles. The molecule has 1 aromatic carbocycles. The summed E-state index contributed by atoms with van der Waals surface area (Å²) in [6.07, 6.45) is 0. The van der Waals surface area contributed by atoms with E-state index in [0.29, 0.717) is 22.6 Å². The second kappa shape index (κ2) is 5.18. The highest BCUT2D eigenvalue weighted by Gasteiger charge is 2.19. The highest BCUT2D eigenvalue weighted by molar-refractivity contribution is 5.58. The fourth-order valence-corrected chi connectivity index (χ4v) is 2.00. The number of ether oxygens (including phenoxy) is 2. The van der Waals surface area contributed by atoms with Gasteiger partial charge in [0.2, 0.25) is 0 Å². The van der Waals surface area contributed by atoms with Gasteiger partial charge in [0.1, 0.15) is 11.5 Å². The van der Waals surface area contributed by atoms with Crippen LogP contribution in [0.25, 0.3) is 0 Å². The smallest absolute Gasteiger partial charge is 0.128 e. The molecule has 0 aromatic heterocycles. The van der Waals surface area contributed by atoms with Crippen molar-refractivity contribution in [2.75, 3.05) is 14.2 Å². The third-order valence-corrected chi connectivity index (χ3v) is 2.86. The molecule has 0 amide bonds. The number of aliphatic hydroxyl groups is 2. The van der Waals surface area contributed by atoms with Crippen molar-refractivity contribution in [3.63, 3.8) is 0 Å². The number of benzene rings is 1. The predicted octanol–water partition coefficient (Wildman–Crippen LogP) is 1.31. The maximum atomic E-state index is 9.34. The van der Waals surface area contributed by atoms with E-state index in [-0.39, 0.29) is 13.2 Å². The van der Waals surface area contributed by atoms with Crippen molar-refractivity contribution in [3.05, 3.63) is 22.3 Å². The molecule has 1 aromatic rings. The minimum Gasteiger partial charge on any atom is -0.496 e. The fraction of sp³-hybridized carbons (Fsp3) is 0.500. The summed E-state index contributed by atoms with van der Waals surface area (Å²) >= 11 is 0. The number of hydrogen-bond acceptors (Lipinski definition) is 4. The van der Waals surface area contributed by atoms with Crippen molar-refractivity contribution in [1.82, 2.24) is 0 Å². The van der Waals surface area contributed by atoms with Crippen molar-refractivity contribution in [1.29, 1.82) is 0 Å². The van der Waals surface area contributed by atoms with Gasteiger partial charge in [-0.2, -0.15) is 0 Å². The molecule has 1 rings (SSSR count). The zero-order valence-electron chi connectivity index (χ0n) is 10.1. The van der Waals surface area contributed by atoms with E-state index in [4.69, 9.17) is 9.47 Å². The van der Waals surface area contributed by atoms with E-state index in [2.05, 4.69) is 0 Å². The molecule has 4 heteroatoms. The lowest BCUT2D eigenvalue weighted by Gasteiger charge is -2.20. The van der Waals surface area contributed by atoms with E-state index < -0.39 is 0 Å². The van der Waals surface area contributed by atoms with Crippen molar-refractivity contribution in [3.8, 4) is 11.5 Å². The Hall–Kier alpha value is -1.26. The Balaban J connectivity index is 3.60. The van der Waals surface area contributed by atoms with Gasteiger partial charge in [0.05, 0.1) is 27.4 Å². The fourth-order valence-electron chi connectivity index (χ4n) is 2.00. The Labute approximate surface area is 95.4 Å². The van der Waals surface area contributed by atoms with Crippen molar-refractivity contribution in [2.45, 2.75) is 27.1 Å². The Bertz CT molecular complexity index is 315. The number of aliphatic hydroxyl groups excluding tert-OH is 2. The van der Waals surface area contributed by atoms with Crippen LogP contribution in [-0.4, -0.2) is 24.4 Å². The first-order valence-electron chi connectivity index (χ1n) is 5.06. The van der Waals surface area contributed by atoms with Gasteiger partial charge in [-0.1, -0.05) is 0 Å². The topological polar surface area (TPSA) is 58.9 Å². The second-order valence-electron chi connectivity index (χ2n) is 3.59. The van der Waals surface area contributed by atoms with Gasteiger partial charge in [-0.3, -0.25) is 0 Å². The number of methoxy groups -OCH3 is 2. The molecule has 0 atom stereocenters. The van der Waals surface area contributed by atoms with E-state index in [1.807, 2.05) is 13.8 Å². The summed E-state index contributed by atoms with van der Waals surface area (Å²) in [6, 6.07) is 0. The van der Waals surface area contributed by atoms with Crippen LogP contribution in [0.15, 0.2) is 0 Å². The minimum atomic E-state index is -0.113. The average molecular weight is 226 g/mol. The SMILES string of the molecule is COc1c(C)c(CO)c(OC)c(C)c1CO. The number of hydrogen-bond donors (Lipinski definition) is 2. The molecule has 0 heterocycles. The molecule has 16 heavy (non-hydrogen) atoms. The van der Waals surface area contributed by atoms with Crippen molar-refractivity contribution in [2.24, 2.45) is 0 Å². The lowest BCUT2D eigenvalue weighted by Crippen LogP contribution is -2.06. The summed E-state index contributed by atoms with van der Waals surface area (Å²) in [5.41, 5.74) is 3.01. The Kier molecular flexibility index (Phi) is 4.15. The Morgan fingerprint density at radius 3 is 1.31 bits per heavy atom. The molecule has 0 radical (unpaired) electrons. The summed E-state index contributed by atoms with van der Waals surface area (Å²) in [5, 5.41) is 18.7. The first kappa shape index (κ1) is 12.8. The Morgan fingerprint density at radius 1 is 0.812 bits per heavy atom. The highest BCUT2D eigenvalue weighted by atomic mass is 16.5. The van der Waals surface area contributed by atoms with E-state index in [0.717, 1.165) is 11.1 Å². The van der Waals surface area contributed by atoms with Crippen molar-refractivity contribution >= 4 is 0 Å². The van der Waals surface area contributed by atoms with E-state index in [1.54, 1.807) is 14.2 Å². The molecule has 0 saturated heterocycles. The molecular weight excluding hydrogens is 208 g/mol. The molecular formula is C12H18O4. The zero-order valence-corrected chi connectivity index (χ0v) is 10.1. The molecule has 0 bridgehead atoms. The maximum Gasteiger partial charge on any atom is 0.128 e. The van der Waals surface area contributed by atoms with Crippen LogP contribution in [0.3, 0.4) is 0 Å². The summed E-state index contributed by atoms with van der Waals surface area (Å²) in [6.45, 7) is 3.45. The van der Waals surface area contributed by atoms with E-state index in [9.17, 15) is 10.2 Å². The monoisotopic (exact) mass is 226 g/mol. The summed E-state index contributed by atoms with van der Waals surface area (Å²) in [5.74, 6) is 1.23. The first-order chi connectivity index (χ1) is 7.62. The summed E-state index contributed by atoms with van der Waals surface area (Å²) in [7, 11) is 3.10. The van der Waals surface area contributed by atoms with Gasteiger partial charge in [-0.25, -0.2) is 0 Å². The van der Waals surface area contributed by atoms with E-state index >= 15 is 0 Å². The quantitative estimate of drug-likeness (QED) is 0.812. The van der Waals surface area contributed by atoms with Crippen LogP contribution in [0.5, 0.6) is 11.5 Å². The van der Waals surface area contributed by atoms with Crippen LogP contribution in [0, 0.1) is 13.8 Å². The Morgan fingerprint density at radius 2 is 1.12 bits per heavy atom. The number of rotatable bonds is 4. The molecule has 4 nitrogen and oxygen atoms in total. The molecule has 0 unspecified atom stereocenters. The van der Waals surface area contributed by atoms with Crippen LogP contribution >= 0.6 is 0 Å².